The van der Waals surface area contributed by atoms with Crippen molar-refractivity contribution in [2.75, 3.05) is 7.11 Å². The minimum atomic E-state index is -0.0191. The molecule has 0 aliphatic heterocycles. The fourth-order valence-electron chi connectivity index (χ4n) is 3.28. The molecule has 1 aliphatic rings. The van der Waals surface area contributed by atoms with E-state index in [1.54, 1.807) is 20.1 Å². The Morgan fingerprint density at radius 1 is 1.10 bits per heavy atom. The molecule has 20 heavy (non-hydrogen) atoms. The van der Waals surface area contributed by atoms with Gasteiger partial charge < -0.3 is 9.47 Å². The zero-order chi connectivity index (χ0) is 14.7. The summed E-state index contributed by atoms with van der Waals surface area (Å²) in [5.41, 5.74) is 0.556. The Morgan fingerprint density at radius 2 is 1.70 bits per heavy atom. The Labute approximate surface area is 121 Å². The first-order valence-corrected chi connectivity index (χ1v) is 7.35. The molecule has 3 heteroatoms. The molecule has 1 saturated carbocycles. The van der Waals surface area contributed by atoms with Crippen LogP contribution in [-0.2, 0) is 0 Å². The second kappa shape index (κ2) is 6.29. The van der Waals surface area contributed by atoms with Crippen LogP contribution in [0.1, 0.15) is 50.4 Å². The van der Waals surface area contributed by atoms with E-state index in [4.69, 9.17) is 9.47 Å². The van der Waals surface area contributed by atoms with Gasteiger partial charge in [-0.15, -0.1) is 0 Å². The van der Waals surface area contributed by atoms with Gasteiger partial charge in [-0.25, -0.2) is 0 Å². The number of carbonyl (C=O) groups is 1. The third-order valence-corrected chi connectivity index (χ3v) is 3.99. The fraction of sp³-hybridized carbons (Fsp3) is 0.588. The van der Waals surface area contributed by atoms with Gasteiger partial charge in [0.1, 0.15) is 17.1 Å². The molecule has 0 aromatic heterocycles. The van der Waals surface area contributed by atoms with Crippen molar-refractivity contribution in [2.24, 2.45) is 11.8 Å². The average Bonchev–Trinajstić information content (AvgIpc) is 2.36. The summed E-state index contributed by atoms with van der Waals surface area (Å²) in [6.07, 6.45) is 3.56. The number of carbonyl (C=O) groups excluding carboxylic acids is 1. The van der Waals surface area contributed by atoms with Crippen molar-refractivity contribution in [1.82, 2.24) is 0 Å². The number of ether oxygens (including phenoxy) is 2. The van der Waals surface area contributed by atoms with Crippen molar-refractivity contribution in [1.29, 1.82) is 0 Å². The molecule has 1 aromatic rings. The van der Waals surface area contributed by atoms with Crippen LogP contribution < -0.4 is 9.47 Å². The number of ketones is 1. The lowest BCUT2D eigenvalue weighted by Gasteiger charge is -2.32. The lowest BCUT2D eigenvalue weighted by molar-refractivity contribution is 0.0936. The number of rotatable bonds is 4. The zero-order valence-electron chi connectivity index (χ0n) is 12.8. The van der Waals surface area contributed by atoms with Gasteiger partial charge in [-0.1, -0.05) is 19.9 Å². The topological polar surface area (TPSA) is 35.5 Å². The Morgan fingerprint density at radius 3 is 2.25 bits per heavy atom. The monoisotopic (exact) mass is 276 g/mol. The van der Waals surface area contributed by atoms with Crippen LogP contribution in [0.5, 0.6) is 11.5 Å². The van der Waals surface area contributed by atoms with Crippen LogP contribution in [0.3, 0.4) is 0 Å². The van der Waals surface area contributed by atoms with Crippen molar-refractivity contribution in [3.63, 3.8) is 0 Å². The van der Waals surface area contributed by atoms with Gasteiger partial charge in [-0.2, -0.15) is 0 Å². The minimum Gasteiger partial charge on any atom is -0.496 e. The van der Waals surface area contributed by atoms with Crippen LogP contribution in [0.4, 0.5) is 0 Å². The van der Waals surface area contributed by atoms with E-state index in [-0.39, 0.29) is 11.9 Å². The molecule has 2 unspecified atom stereocenters. The Balaban J connectivity index is 2.22. The first-order chi connectivity index (χ1) is 9.51. The first-order valence-electron chi connectivity index (χ1n) is 7.35. The number of hydrogen-bond acceptors (Lipinski definition) is 3. The highest BCUT2D eigenvalue weighted by atomic mass is 16.5. The van der Waals surface area contributed by atoms with Crippen molar-refractivity contribution in [3.8, 4) is 11.5 Å². The third-order valence-electron chi connectivity index (χ3n) is 3.99. The van der Waals surface area contributed by atoms with Crippen LogP contribution in [0, 0.1) is 11.8 Å². The van der Waals surface area contributed by atoms with Crippen LogP contribution in [-0.4, -0.2) is 19.0 Å². The van der Waals surface area contributed by atoms with Crippen LogP contribution in [0.2, 0.25) is 0 Å². The highest BCUT2D eigenvalue weighted by Crippen LogP contribution is 2.34. The van der Waals surface area contributed by atoms with E-state index in [1.807, 2.05) is 12.1 Å². The van der Waals surface area contributed by atoms with E-state index in [0.717, 1.165) is 12.8 Å². The maximum absolute atomic E-state index is 11.9. The molecule has 3 nitrogen and oxygen atoms in total. The normalized spacial score (nSPS) is 26.1. The van der Waals surface area contributed by atoms with Gasteiger partial charge in [0.25, 0.3) is 0 Å². The summed E-state index contributed by atoms with van der Waals surface area (Å²) in [5.74, 6) is 2.58. The van der Waals surface area contributed by atoms with Crippen LogP contribution in [0.25, 0.3) is 0 Å². The Kier molecular flexibility index (Phi) is 4.69. The van der Waals surface area contributed by atoms with Crippen LogP contribution in [0.15, 0.2) is 18.2 Å². The maximum Gasteiger partial charge on any atom is 0.167 e. The lowest BCUT2D eigenvalue weighted by atomic mass is 9.82. The molecular weight excluding hydrogens is 252 g/mol. The van der Waals surface area contributed by atoms with Crippen LogP contribution >= 0.6 is 0 Å². The highest BCUT2D eigenvalue weighted by Gasteiger charge is 2.26. The van der Waals surface area contributed by atoms with E-state index in [2.05, 4.69) is 13.8 Å². The van der Waals surface area contributed by atoms with Gasteiger partial charge in [0, 0.05) is 0 Å². The van der Waals surface area contributed by atoms with Crippen molar-refractivity contribution >= 4 is 5.78 Å². The van der Waals surface area contributed by atoms with Gasteiger partial charge in [0.05, 0.1) is 13.2 Å². The fourth-order valence-corrected chi connectivity index (χ4v) is 3.28. The average molecular weight is 276 g/mol. The van der Waals surface area contributed by atoms with Crippen molar-refractivity contribution in [2.45, 2.75) is 46.1 Å². The summed E-state index contributed by atoms with van der Waals surface area (Å²) >= 11 is 0. The second-order valence-electron chi connectivity index (χ2n) is 6.05. The maximum atomic E-state index is 11.9. The molecule has 0 spiro atoms. The molecule has 0 amide bonds. The van der Waals surface area contributed by atoms with E-state index >= 15 is 0 Å². The predicted octanol–water partition coefficient (Wildman–Crippen LogP) is 4.10. The van der Waals surface area contributed by atoms with Gasteiger partial charge in [0.15, 0.2) is 5.78 Å². The largest absolute Gasteiger partial charge is 0.496 e. The standard InChI is InChI=1S/C17H24O3/c1-11-8-12(2)10-14(9-11)20-16-7-5-6-15(19-4)17(16)13(3)18/h5-7,11-12,14H,8-10H2,1-4H3. The van der Waals surface area contributed by atoms with E-state index in [0.29, 0.717) is 28.9 Å². The molecule has 2 rings (SSSR count). The molecule has 0 heterocycles. The Hall–Kier alpha value is -1.51. The molecule has 110 valence electrons. The van der Waals surface area contributed by atoms with Gasteiger partial charge in [0.2, 0.25) is 0 Å². The summed E-state index contributed by atoms with van der Waals surface area (Å²) in [5, 5.41) is 0. The number of methoxy groups -OCH3 is 1. The van der Waals surface area contributed by atoms with Crippen molar-refractivity contribution in [3.05, 3.63) is 23.8 Å². The van der Waals surface area contributed by atoms with Crippen molar-refractivity contribution < 1.29 is 14.3 Å². The minimum absolute atomic E-state index is 0.0191. The quantitative estimate of drug-likeness (QED) is 0.777. The summed E-state index contributed by atoms with van der Waals surface area (Å²) in [4.78, 5) is 11.9. The Bertz CT molecular complexity index is 471. The number of Topliss-reactive ketones (excluding diaryl/α,β-unsaturated/α-hetero) is 1. The molecule has 1 aromatic carbocycles. The molecule has 2 atom stereocenters. The molecule has 0 bridgehead atoms. The molecule has 0 N–H and O–H groups in total. The first kappa shape index (κ1) is 14.9. The van der Waals surface area contributed by atoms with E-state index < -0.39 is 0 Å². The number of hydrogen-bond donors (Lipinski definition) is 0. The van der Waals surface area contributed by atoms with Gasteiger partial charge in [-0.05, 0) is 50.2 Å². The summed E-state index contributed by atoms with van der Waals surface area (Å²) in [6, 6.07) is 5.54. The van der Waals surface area contributed by atoms with E-state index in [9.17, 15) is 4.79 Å². The molecule has 0 saturated heterocycles. The molecule has 1 aliphatic carbocycles. The second-order valence-corrected chi connectivity index (χ2v) is 6.05. The van der Waals surface area contributed by atoms with E-state index in [1.165, 1.54) is 6.42 Å². The summed E-state index contributed by atoms with van der Waals surface area (Å²) < 4.78 is 11.4. The zero-order valence-corrected chi connectivity index (χ0v) is 12.8. The molecular formula is C17H24O3. The molecule has 1 fully saturated rings. The summed E-state index contributed by atoms with van der Waals surface area (Å²) in [6.45, 7) is 6.09. The van der Waals surface area contributed by atoms with Gasteiger partial charge in [-0.3, -0.25) is 4.79 Å². The summed E-state index contributed by atoms with van der Waals surface area (Å²) in [7, 11) is 1.58. The lowest BCUT2D eigenvalue weighted by Crippen LogP contribution is -2.29. The highest BCUT2D eigenvalue weighted by molar-refractivity contribution is 5.99. The predicted molar refractivity (Wildman–Crippen MR) is 79.6 cm³/mol. The van der Waals surface area contributed by atoms with Gasteiger partial charge >= 0.3 is 0 Å². The smallest absolute Gasteiger partial charge is 0.167 e. The SMILES string of the molecule is COc1cccc(OC2CC(C)CC(C)C2)c1C(C)=O. The third kappa shape index (κ3) is 3.33. The number of benzene rings is 1. The molecule has 0 radical (unpaired) electrons.